The molecule has 0 aliphatic heterocycles. The van der Waals surface area contributed by atoms with Gasteiger partial charge in [-0.2, -0.15) is 0 Å². The Balaban J connectivity index is 1.82. The molecule has 0 unspecified atom stereocenters. The quantitative estimate of drug-likeness (QED) is 0.534. The number of aryl methyl sites for hydroxylation is 1. The Labute approximate surface area is 137 Å². The van der Waals surface area contributed by atoms with Crippen molar-refractivity contribution in [2.75, 3.05) is 0 Å². The summed E-state index contributed by atoms with van der Waals surface area (Å²) < 4.78 is 1.80. The highest BCUT2D eigenvalue weighted by Gasteiger charge is 2.25. The highest BCUT2D eigenvalue weighted by atomic mass is 32.1. The molecule has 4 aromatic heterocycles. The molecule has 1 aliphatic carbocycles. The van der Waals surface area contributed by atoms with Crippen molar-refractivity contribution in [3.8, 4) is 11.4 Å². The van der Waals surface area contributed by atoms with E-state index in [1.807, 2.05) is 23.5 Å². The van der Waals surface area contributed by atoms with E-state index in [0.29, 0.717) is 11.7 Å². The number of nitrogens with zero attached hydrogens (tertiary/aromatic N) is 5. The average Bonchev–Trinajstić information content (AvgIpc) is 3.17. The molecule has 0 N–H and O–H groups in total. The summed E-state index contributed by atoms with van der Waals surface area (Å²) in [5, 5.41) is 5.79. The predicted molar refractivity (Wildman–Crippen MR) is 90.7 cm³/mol. The summed E-state index contributed by atoms with van der Waals surface area (Å²) in [6.07, 6.45) is 9.00. The fraction of sp³-hybridized carbons (Fsp3) is 0.294. The minimum absolute atomic E-state index is 0.569. The lowest BCUT2D eigenvalue weighted by atomic mass is 9.87. The summed E-state index contributed by atoms with van der Waals surface area (Å²) >= 11 is 1.82. The second-order valence-corrected chi connectivity index (χ2v) is 7.19. The van der Waals surface area contributed by atoms with Gasteiger partial charge in [-0.05, 0) is 42.9 Å². The second-order valence-electron chi connectivity index (χ2n) is 6.10. The molecule has 1 atom stereocenters. The van der Waals surface area contributed by atoms with Crippen LogP contribution < -0.4 is 0 Å². The van der Waals surface area contributed by atoms with E-state index in [2.05, 4.69) is 22.0 Å². The van der Waals surface area contributed by atoms with Crippen molar-refractivity contribution >= 4 is 27.2 Å². The molecule has 0 saturated carbocycles. The topological polar surface area (TPSA) is 56.0 Å². The monoisotopic (exact) mass is 321 g/mol. The second kappa shape index (κ2) is 4.83. The Morgan fingerprint density at radius 2 is 2.30 bits per heavy atom. The molecule has 0 radical (unpaired) electrons. The number of thiophene rings is 1. The van der Waals surface area contributed by atoms with Gasteiger partial charge in [0.1, 0.15) is 11.2 Å². The smallest absolute Gasteiger partial charge is 0.183 e. The molecule has 4 heterocycles. The van der Waals surface area contributed by atoms with Gasteiger partial charge in [-0.15, -0.1) is 16.4 Å². The summed E-state index contributed by atoms with van der Waals surface area (Å²) in [4.78, 5) is 16.1. The van der Waals surface area contributed by atoms with Crippen LogP contribution in [0.5, 0.6) is 0 Å². The van der Waals surface area contributed by atoms with Crippen LogP contribution in [0.2, 0.25) is 0 Å². The first-order valence-electron chi connectivity index (χ1n) is 7.88. The average molecular weight is 321 g/mol. The summed E-state index contributed by atoms with van der Waals surface area (Å²) in [6.45, 7) is 2.31. The first-order chi connectivity index (χ1) is 11.3. The van der Waals surface area contributed by atoms with Crippen molar-refractivity contribution in [2.45, 2.75) is 32.1 Å². The molecule has 6 heteroatoms. The maximum atomic E-state index is 4.80. The fourth-order valence-corrected chi connectivity index (χ4v) is 4.80. The normalized spacial score (nSPS) is 17.7. The van der Waals surface area contributed by atoms with Crippen LogP contribution in [-0.4, -0.2) is 24.6 Å². The van der Waals surface area contributed by atoms with E-state index in [1.165, 1.54) is 28.7 Å². The van der Waals surface area contributed by atoms with Crippen LogP contribution in [0.1, 0.15) is 36.1 Å². The zero-order valence-corrected chi connectivity index (χ0v) is 13.5. The van der Waals surface area contributed by atoms with Gasteiger partial charge in [0.25, 0.3) is 0 Å². The summed E-state index contributed by atoms with van der Waals surface area (Å²) in [6, 6.07) is 3.89. The molecule has 1 aliphatic rings. The first kappa shape index (κ1) is 13.1. The van der Waals surface area contributed by atoms with E-state index in [-0.39, 0.29) is 0 Å². The van der Waals surface area contributed by atoms with Gasteiger partial charge in [-0.25, -0.2) is 14.5 Å². The van der Waals surface area contributed by atoms with Gasteiger partial charge in [0.15, 0.2) is 11.5 Å². The molecule has 0 spiro atoms. The fourth-order valence-electron chi connectivity index (χ4n) is 3.50. The van der Waals surface area contributed by atoms with Gasteiger partial charge in [-0.1, -0.05) is 6.92 Å². The lowest BCUT2D eigenvalue weighted by Crippen LogP contribution is -2.04. The highest BCUT2D eigenvalue weighted by molar-refractivity contribution is 7.19. The molecule has 0 amide bonds. The van der Waals surface area contributed by atoms with Crippen molar-refractivity contribution in [3.63, 3.8) is 0 Å². The van der Waals surface area contributed by atoms with Gasteiger partial charge in [0, 0.05) is 22.8 Å². The number of fused-ring (bicyclic) bond motifs is 5. The minimum atomic E-state index is 0.569. The third-order valence-electron chi connectivity index (χ3n) is 4.60. The Hall–Kier alpha value is -2.34. The molecule has 5 nitrogen and oxygen atoms in total. The number of hydrogen-bond acceptors (Lipinski definition) is 5. The van der Waals surface area contributed by atoms with Crippen LogP contribution in [-0.2, 0) is 6.42 Å². The molecule has 0 aromatic carbocycles. The molecule has 114 valence electrons. The lowest BCUT2D eigenvalue weighted by Gasteiger charge is -2.18. The van der Waals surface area contributed by atoms with E-state index >= 15 is 0 Å². The standard InChI is InChI=1S/C17H15N5S/c1-10-4-2-6-12-13(10)14-16-20-15(11-5-3-7-18-8-11)21-22(16)9-19-17(14)23-12/h3,5,7-10H,2,4,6H2,1H3/t10-/m0/s1. The van der Waals surface area contributed by atoms with Crippen molar-refractivity contribution < 1.29 is 0 Å². The molecule has 0 fully saturated rings. The number of rotatable bonds is 1. The largest absolute Gasteiger partial charge is 0.264 e. The van der Waals surface area contributed by atoms with Gasteiger partial charge >= 0.3 is 0 Å². The third-order valence-corrected chi connectivity index (χ3v) is 5.77. The van der Waals surface area contributed by atoms with Gasteiger partial charge < -0.3 is 0 Å². The molecule has 0 bridgehead atoms. The Morgan fingerprint density at radius 3 is 3.17 bits per heavy atom. The number of hydrogen-bond donors (Lipinski definition) is 0. The van der Waals surface area contributed by atoms with Crippen molar-refractivity contribution in [3.05, 3.63) is 41.3 Å². The van der Waals surface area contributed by atoms with E-state index in [4.69, 9.17) is 4.98 Å². The summed E-state index contributed by atoms with van der Waals surface area (Å²) in [7, 11) is 0. The van der Waals surface area contributed by atoms with Crippen LogP contribution in [0.15, 0.2) is 30.9 Å². The van der Waals surface area contributed by atoms with Crippen LogP contribution in [0.3, 0.4) is 0 Å². The molecule has 23 heavy (non-hydrogen) atoms. The van der Waals surface area contributed by atoms with E-state index in [9.17, 15) is 0 Å². The number of pyridine rings is 1. The van der Waals surface area contributed by atoms with Gasteiger partial charge in [-0.3, -0.25) is 4.98 Å². The maximum Gasteiger partial charge on any atom is 0.183 e. The highest BCUT2D eigenvalue weighted by Crippen LogP contribution is 2.42. The van der Waals surface area contributed by atoms with Crippen LogP contribution >= 0.6 is 11.3 Å². The van der Waals surface area contributed by atoms with Crippen LogP contribution in [0, 0.1) is 0 Å². The molecule has 0 saturated heterocycles. The third kappa shape index (κ3) is 1.91. The SMILES string of the molecule is C[C@H]1CCCc2sc3ncn4nc(-c5cccnc5)nc4c3c21. The zero-order valence-electron chi connectivity index (χ0n) is 12.7. The van der Waals surface area contributed by atoms with Gasteiger partial charge in [0.05, 0.1) is 5.39 Å². The molecule has 5 rings (SSSR count). The van der Waals surface area contributed by atoms with E-state index < -0.39 is 0 Å². The van der Waals surface area contributed by atoms with Crippen molar-refractivity contribution in [1.82, 2.24) is 24.6 Å². The van der Waals surface area contributed by atoms with Gasteiger partial charge in [0.2, 0.25) is 0 Å². The predicted octanol–water partition coefficient (Wildman–Crippen LogP) is 3.84. The van der Waals surface area contributed by atoms with Crippen LogP contribution in [0.25, 0.3) is 27.3 Å². The zero-order chi connectivity index (χ0) is 15.4. The van der Waals surface area contributed by atoms with Crippen molar-refractivity contribution in [1.29, 1.82) is 0 Å². The van der Waals surface area contributed by atoms with E-state index in [1.54, 1.807) is 23.2 Å². The minimum Gasteiger partial charge on any atom is -0.264 e. The Morgan fingerprint density at radius 1 is 1.35 bits per heavy atom. The Bertz CT molecular complexity index is 1020. The summed E-state index contributed by atoms with van der Waals surface area (Å²) in [5.74, 6) is 1.27. The lowest BCUT2D eigenvalue weighted by molar-refractivity contribution is 0.602. The molecular formula is C17H15N5S. The molecular weight excluding hydrogens is 306 g/mol. The maximum absolute atomic E-state index is 4.80. The van der Waals surface area contributed by atoms with Crippen LogP contribution in [0.4, 0.5) is 0 Å². The first-order valence-corrected chi connectivity index (χ1v) is 8.70. The molecule has 4 aromatic rings. The summed E-state index contributed by atoms with van der Waals surface area (Å²) in [5.41, 5.74) is 3.29. The van der Waals surface area contributed by atoms with E-state index in [0.717, 1.165) is 22.5 Å². The Kier molecular flexibility index (Phi) is 2.76. The van der Waals surface area contributed by atoms with Crippen molar-refractivity contribution in [2.24, 2.45) is 0 Å². The number of aromatic nitrogens is 5.